The van der Waals surface area contributed by atoms with Crippen molar-refractivity contribution in [3.63, 3.8) is 0 Å². The van der Waals surface area contributed by atoms with Crippen LogP contribution in [0, 0.1) is 12.5 Å². The maximum atomic E-state index is 5.78. The average molecular weight is 430 g/mol. The first kappa shape index (κ1) is 20.3. The van der Waals surface area contributed by atoms with Gasteiger partial charge in [0.1, 0.15) is 0 Å². The summed E-state index contributed by atoms with van der Waals surface area (Å²) in [7, 11) is 0. The summed E-state index contributed by atoms with van der Waals surface area (Å²) in [5, 5.41) is 1.11. The largest absolute Gasteiger partial charge is 2.00 e. The fraction of sp³-hybridized carbons (Fsp3) is 0.391. The van der Waals surface area contributed by atoms with E-state index in [9.17, 15) is 0 Å². The zero-order valence-electron chi connectivity index (χ0n) is 16.3. The molecule has 5 nitrogen and oxygen atoms in total. The number of H-pyrrole nitrogens is 1. The van der Waals surface area contributed by atoms with Gasteiger partial charge in [-0.25, -0.2) is 0 Å². The Labute approximate surface area is 182 Å². The summed E-state index contributed by atoms with van der Waals surface area (Å²) in [5.41, 5.74) is 3.52. The Kier molecular flexibility index (Phi) is 6.46. The molecule has 1 saturated heterocycles. The smallest absolute Gasteiger partial charge is 0.550 e. The molecule has 0 spiro atoms. The summed E-state index contributed by atoms with van der Waals surface area (Å²) >= 11 is 0. The van der Waals surface area contributed by atoms with E-state index in [1.54, 1.807) is 6.20 Å². The maximum absolute atomic E-state index is 5.78. The molecule has 151 valence electrons. The van der Waals surface area contributed by atoms with Gasteiger partial charge in [0.15, 0.2) is 0 Å². The predicted molar refractivity (Wildman–Crippen MR) is 108 cm³/mol. The summed E-state index contributed by atoms with van der Waals surface area (Å²) in [4.78, 5) is 9.97. The monoisotopic (exact) mass is 430 g/mol. The van der Waals surface area contributed by atoms with Gasteiger partial charge in [0.2, 0.25) is 0 Å². The van der Waals surface area contributed by atoms with Crippen LogP contribution in [0.15, 0.2) is 42.6 Å². The van der Waals surface area contributed by atoms with Crippen LogP contribution in [0.5, 0.6) is 5.75 Å². The molecule has 1 atom stereocenters. The van der Waals surface area contributed by atoms with Crippen LogP contribution in [0.1, 0.15) is 30.0 Å². The SMILES string of the molecule is [Mn+2].[c-]1ccnc2[nH]c(C3CC3)cc12.c1ccc2c(c1)[CH-]C(N1CCOCC1)CO2. The molecule has 4 heterocycles. The second kappa shape index (κ2) is 9.22. The van der Waals surface area contributed by atoms with Crippen molar-refractivity contribution in [2.75, 3.05) is 32.9 Å². The number of hydrogen-bond donors (Lipinski definition) is 1. The van der Waals surface area contributed by atoms with Crippen molar-refractivity contribution in [1.29, 1.82) is 0 Å². The Bertz CT molecular complexity index is 902. The zero-order valence-corrected chi connectivity index (χ0v) is 17.5. The first-order chi connectivity index (χ1) is 13.9. The number of hydrogen-bond acceptors (Lipinski definition) is 4. The van der Waals surface area contributed by atoms with E-state index in [0.29, 0.717) is 6.04 Å². The van der Waals surface area contributed by atoms with E-state index >= 15 is 0 Å². The maximum Gasteiger partial charge on any atom is 2.00 e. The van der Waals surface area contributed by atoms with Crippen LogP contribution in [-0.2, 0) is 21.8 Å². The third kappa shape index (κ3) is 4.78. The van der Waals surface area contributed by atoms with Gasteiger partial charge in [-0.1, -0.05) is 18.3 Å². The number of rotatable bonds is 2. The molecule has 1 aromatic carbocycles. The molecule has 1 radical (unpaired) electrons. The van der Waals surface area contributed by atoms with Gasteiger partial charge in [-0.05, 0) is 24.5 Å². The van der Waals surface area contributed by atoms with Gasteiger partial charge >= 0.3 is 17.1 Å². The molecule has 29 heavy (non-hydrogen) atoms. The molecule has 6 rings (SSSR count). The number of aromatic amines is 1. The number of benzene rings is 1. The van der Waals surface area contributed by atoms with Gasteiger partial charge in [0, 0.05) is 30.5 Å². The third-order valence-electron chi connectivity index (χ3n) is 5.57. The van der Waals surface area contributed by atoms with Crippen molar-refractivity contribution in [2.45, 2.75) is 24.8 Å². The summed E-state index contributed by atoms with van der Waals surface area (Å²) in [6.45, 7) is 4.45. The van der Waals surface area contributed by atoms with E-state index in [2.05, 4.69) is 45.6 Å². The van der Waals surface area contributed by atoms with Gasteiger partial charge < -0.3 is 19.4 Å². The van der Waals surface area contributed by atoms with Crippen molar-refractivity contribution in [2.24, 2.45) is 0 Å². The number of pyridine rings is 1. The fourth-order valence-electron chi connectivity index (χ4n) is 3.83. The van der Waals surface area contributed by atoms with E-state index in [-0.39, 0.29) is 17.1 Å². The van der Waals surface area contributed by atoms with Gasteiger partial charge in [0.25, 0.3) is 0 Å². The third-order valence-corrected chi connectivity index (χ3v) is 5.57. The molecule has 2 fully saturated rings. The Morgan fingerprint density at radius 2 is 2.00 bits per heavy atom. The minimum absolute atomic E-state index is 0. The Morgan fingerprint density at radius 1 is 1.17 bits per heavy atom. The number of aromatic nitrogens is 2. The molecule has 0 bridgehead atoms. The molecule has 2 aromatic heterocycles. The van der Waals surface area contributed by atoms with Crippen LogP contribution in [0.4, 0.5) is 0 Å². The Balaban J connectivity index is 0.000000141. The first-order valence-electron chi connectivity index (χ1n) is 10.1. The molecular weight excluding hydrogens is 405 g/mol. The van der Waals surface area contributed by atoms with Crippen molar-refractivity contribution in [3.05, 3.63) is 66.3 Å². The number of fused-ring (bicyclic) bond motifs is 2. The number of morpholine rings is 1. The summed E-state index contributed by atoms with van der Waals surface area (Å²) in [5.74, 6) is 1.78. The topological polar surface area (TPSA) is 50.4 Å². The van der Waals surface area contributed by atoms with Crippen LogP contribution in [0.3, 0.4) is 0 Å². The second-order valence-electron chi connectivity index (χ2n) is 7.58. The molecule has 3 aliphatic rings. The molecule has 6 heteroatoms. The van der Waals surface area contributed by atoms with E-state index in [4.69, 9.17) is 9.47 Å². The summed E-state index contributed by atoms with van der Waals surface area (Å²) in [6.07, 6.45) is 6.74. The standard InChI is InChI=1S/C13H16NO2.C10H9N2.Mn/c1-2-4-13-11(3-1)9-12(10-16-13)14-5-7-15-8-6-14;1-2-8-6-9(7-3-4-7)12-10(8)11-5-1;/h1-4,9,12H,5-8,10H2;1,5-7H,3-4H2,(H,11,12);/q2*-1;+2. The number of ether oxygens (including phenoxy) is 2. The molecular formula is C23H25MnN3O2. The molecule has 2 aliphatic heterocycles. The van der Waals surface area contributed by atoms with E-state index in [1.165, 1.54) is 24.1 Å². The minimum Gasteiger partial charge on any atom is -0.550 e. The molecule has 3 aromatic rings. The quantitative estimate of drug-likeness (QED) is 0.499. The summed E-state index contributed by atoms with van der Waals surface area (Å²) in [6, 6.07) is 15.8. The van der Waals surface area contributed by atoms with Crippen molar-refractivity contribution in [3.8, 4) is 5.75 Å². The predicted octanol–water partition coefficient (Wildman–Crippen LogP) is 3.57. The second-order valence-corrected chi connectivity index (χ2v) is 7.58. The fourth-order valence-corrected chi connectivity index (χ4v) is 3.83. The molecule has 1 aliphatic carbocycles. The van der Waals surface area contributed by atoms with Crippen LogP contribution in [0.25, 0.3) is 11.0 Å². The number of nitrogens with zero attached hydrogens (tertiary/aromatic N) is 2. The molecule has 1 unspecified atom stereocenters. The van der Waals surface area contributed by atoms with Gasteiger partial charge in [-0.3, -0.25) is 4.90 Å². The van der Waals surface area contributed by atoms with Gasteiger partial charge in [0.05, 0.1) is 19.8 Å². The molecule has 0 amide bonds. The molecule has 1 saturated carbocycles. The van der Waals surface area contributed by atoms with E-state index in [1.807, 2.05) is 18.2 Å². The van der Waals surface area contributed by atoms with Crippen molar-refractivity contribution in [1.82, 2.24) is 14.9 Å². The minimum atomic E-state index is 0. The zero-order chi connectivity index (χ0) is 18.8. The van der Waals surface area contributed by atoms with Crippen LogP contribution < -0.4 is 4.74 Å². The van der Waals surface area contributed by atoms with E-state index < -0.39 is 0 Å². The normalized spacial score (nSPS) is 21.0. The number of para-hydroxylation sites is 1. The number of nitrogens with one attached hydrogen (secondary N) is 1. The summed E-state index contributed by atoms with van der Waals surface area (Å²) < 4.78 is 11.1. The Hall–Kier alpha value is -1.98. The van der Waals surface area contributed by atoms with Crippen molar-refractivity contribution < 1.29 is 26.5 Å². The first-order valence-corrected chi connectivity index (χ1v) is 10.1. The van der Waals surface area contributed by atoms with Crippen molar-refractivity contribution >= 4 is 11.0 Å². The van der Waals surface area contributed by atoms with E-state index in [0.717, 1.165) is 55.6 Å². The van der Waals surface area contributed by atoms with Crippen LogP contribution in [-0.4, -0.2) is 53.8 Å². The van der Waals surface area contributed by atoms with Crippen LogP contribution in [0.2, 0.25) is 0 Å². The van der Waals surface area contributed by atoms with Gasteiger partial charge in [-0.2, -0.15) is 12.5 Å². The average Bonchev–Trinajstić information content (AvgIpc) is 3.53. The van der Waals surface area contributed by atoms with Crippen LogP contribution >= 0.6 is 0 Å². The molecule has 1 N–H and O–H groups in total. The van der Waals surface area contributed by atoms with Gasteiger partial charge in [-0.15, -0.1) is 35.2 Å². The Morgan fingerprint density at radius 3 is 2.79 bits per heavy atom.